The number of nitro groups is 2. The normalized spacial score (nSPS) is 11.1. The fourth-order valence-corrected chi connectivity index (χ4v) is 3.55. The van der Waals surface area contributed by atoms with Crippen molar-refractivity contribution in [3.05, 3.63) is 111 Å². The molecule has 1 aromatic heterocycles. The number of rotatable bonds is 7. The summed E-state index contributed by atoms with van der Waals surface area (Å²) in [5.41, 5.74) is 1.85. The minimum absolute atomic E-state index is 0.00871. The van der Waals surface area contributed by atoms with E-state index < -0.39 is 21.2 Å². The molecule has 0 amide bonds. The molecule has 0 aliphatic heterocycles. The zero-order chi connectivity index (χ0) is 25.9. The molecule has 0 aliphatic carbocycles. The van der Waals surface area contributed by atoms with Gasteiger partial charge < -0.3 is 14.3 Å². The number of fused-ring (bicyclic) bond motifs is 1. The van der Waals surface area contributed by atoms with E-state index in [0.29, 0.717) is 27.9 Å². The van der Waals surface area contributed by atoms with Crippen LogP contribution < -0.4 is 4.74 Å². The van der Waals surface area contributed by atoms with E-state index in [1.165, 1.54) is 12.1 Å². The van der Waals surface area contributed by atoms with Crippen molar-refractivity contribution in [2.24, 2.45) is 4.99 Å². The van der Waals surface area contributed by atoms with E-state index in [0.717, 1.165) is 12.1 Å². The molecule has 5 rings (SSSR count). The molecule has 0 bridgehead atoms. The molecule has 0 saturated heterocycles. The lowest BCUT2D eigenvalue weighted by atomic mass is 10.1. The number of non-ortho nitro benzene ring substituents is 1. The molecule has 0 radical (unpaired) electrons. The van der Waals surface area contributed by atoms with Crippen LogP contribution in [-0.4, -0.2) is 26.2 Å². The van der Waals surface area contributed by atoms with Crippen molar-refractivity contribution >= 4 is 34.4 Å². The van der Waals surface area contributed by atoms with E-state index >= 15 is 0 Å². The van der Waals surface area contributed by atoms with Gasteiger partial charge in [0, 0.05) is 12.3 Å². The third-order valence-electron chi connectivity index (χ3n) is 5.30. The Kier molecular flexibility index (Phi) is 6.00. The summed E-state index contributed by atoms with van der Waals surface area (Å²) in [4.78, 5) is 29.7. The molecule has 182 valence electrons. The number of phenolic OH excluding ortho intramolecular Hbond substituents is 1. The van der Waals surface area contributed by atoms with Crippen LogP contribution in [0.5, 0.6) is 17.2 Å². The number of aromatic nitrogens is 1. The standard InChI is InChI=1S/C26H16N4O7/c31-23-10-8-17(13-20(23)26-28-21-6-1-2-7-24(21)37-26)27-15-16-4-3-5-19(12-16)36-25-11-9-18(29(32)33)14-22(25)30(34)35/h1-15,31H. The third-order valence-corrected chi connectivity index (χ3v) is 5.30. The molecule has 11 nitrogen and oxygen atoms in total. The number of hydrogen-bond donors (Lipinski definition) is 1. The molecule has 0 fully saturated rings. The Labute approximate surface area is 208 Å². The number of nitrogens with zero attached hydrogens (tertiary/aromatic N) is 4. The number of para-hydroxylation sites is 2. The Hall–Kier alpha value is -5.58. The first-order chi connectivity index (χ1) is 17.9. The fraction of sp³-hybridized carbons (Fsp3) is 0. The predicted octanol–water partition coefficient (Wildman–Crippen LogP) is 6.56. The van der Waals surface area contributed by atoms with Crippen LogP contribution in [-0.2, 0) is 0 Å². The molecule has 11 heteroatoms. The first kappa shape index (κ1) is 23.2. The summed E-state index contributed by atoms with van der Waals surface area (Å²) in [7, 11) is 0. The Balaban J connectivity index is 1.39. The summed E-state index contributed by atoms with van der Waals surface area (Å²) < 4.78 is 11.4. The first-order valence-corrected chi connectivity index (χ1v) is 10.8. The lowest BCUT2D eigenvalue weighted by Gasteiger charge is -2.07. The predicted molar refractivity (Wildman–Crippen MR) is 135 cm³/mol. The molecule has 0 unspecified atom stereocenters. The number of aliphatic imine (C=N–C) groups is 1. The van der Waals surface area contributed by atoms with Gasteiger partial charge in [0.2, 0.25) is 11.6 Å². The largest absolute Gasteiger partial charge is 0.507 e. The van der Waals surface area contributed by atoms with Crippen LogP contribution in [0, 0.1) is 20.2 Å². The Morgan fingerprint density at radius 3 is 2.54 bits per heavy atom. The lowest BCUT2D eigenvalue weighted by Crippen LogP contribution is -1.96. The van der Waals surface area contributed by atoms with Crippen molar-refractivity contribution in [1.29, 1.82) is 0 Å². The fourth-order valence-electron chi connectivity index (χ4n) is 3.55. The van der Waals surface area contributed by atoms with Crippen molar-refractivity contribution in [2.75, 3.05) is 0 Å². The number of aromatic hydroxyl groups is 1. The van der Waals surface area contributed by atoms with Crippen molar-refractivity contribution in [3.63, 3.8) is 0 Å². The molecule has 37 heavy (non-hydrogen) atoms. The zero-order valence-corrected chi connectivity index (χ0v) is 18.8. The third kappa shape index (κ3) is 4.95. The molecule has 0 atom stereocenters. The van der Waals surface area contributed by atoms with Crippen LogP contribution in [0.4, 0.5) is 17.1 Å². The molecule has 0 spiro atoms. The van der Waals surface area contributed by atoms with E-state index in [9.17, 15) is 25.3 Å². The smallest absolute Gasteiger partial charge is 0.318 e. The number of hydrogen-bond acceptors (Lipinski definition) is 9. The Morgan fingerprint density at radius 2 is 1.76 bits per heavy atom. The van der Waals surface area contributed by atoms with Gasteiger partial charge in [-0.05, 0) is 54.1 Å². The highest BCUT2D eigenvalue weighted by Crippen LogP contribution is 2.35. The molecule has 0 aliphatic rings. The van der Waals surface area contributed by atoms with Gasteiger partial charge in [-0.2, -0.15) is 0 Å². The van der Waals surface area contributed by atoms with Gasteiger partial charge in [-0.1, -0.05) is 24.3 Å². The summed E-state index contributed by atoms with van der Waals surface area (Å²) >= 11 is 0. The number of benzene rings is 4. The minimum atomic E-state index is -0.743. The van der Waals surface area contributed by atoms with Crippen LogP contribution >= 0.6 is 0 Å². The quantitative estimate of drug-likeness (QED) is 0.151. The van der Waals surface area contributed by atoms with Gasteiger partial charge in [0.1, 0.15) is 17.0 Å². The van der Waals surface area contributed by atoms with Crippen LogP contribution in [0.3, 0.4) is 0 Å². The van der Waals surface area contributed by atoms with E-state index in [1.807, 2.05) is 18.2 Å². The van der Waals surface area contributed by atoms with Gasteiger partial charge in [0.05, 0.1) is 27.2 Å². The van der Waals surface area contributed by atoms with E-state index in [-0.39, 0.29) is 23.1 Å². The minimum Gasteiger partial charge on any atom is -0.507 e. The summed E-state index contributed by atoms with van der Waals surface area (Å²) in [5, 5.41) is 32.6. The van der Waals surface area contributed by atoms with E-state index in [2.05, 4.69) is 9.98 Å². The number of oxazole rings is 1. The highest BCUT2D eigenvalue weighted by atomic mass is 16.6. The summed E-state index contributed by atoms with van der Waals surface area (Å²) in [6.07, 6.45) is 1.55. The maximum Gasteiger partial charge on any atom is 0.318 e. The van der Waals surface area contributed by atoms with Crippen molar-refractivity contribution in [3.8, 4) is 28.7 Å². The van der Waals surface area contributed by atoms with Crippen LogP contribution in [0.15, 0.2) is 94.3 Å². The van der Waals surface area contributed by atoms with Gasteiger partial charge in [-0.3, -0.25) is 25.2 Å². The van der Waals surface area contributed by atoms with Gasteiger partial charge in [0.25, 0.3) is 5.69 Å². The summed E-state index contributed by atoms with van der Waals surface area (Å²) in [5.74, 6) is 0.395. The average molecular weight is 496 g/mol. The van der Waals surface area contributed by atoms with Gasteiger partial charge in [-0.25, -0.2) is 4.98 Å². The second-order valence-electron chi connectivity index (χ2n) is 7.79. The lowest BCUT2D eigenvalue weighted by molar-refractivity contribution is -0.394. The molecule has 1 N–H and O–H groups in total. The van der Waals surface area contributed by atoms with Gasteiger partial charge in [-0.15, -0.1) is 0 Å². The zero-order valence-electron chi connectivity index (χ0n) is 18.8. The monoisotopic (exact) mass is 496 g/mol. The molecule has 4 aromatic carbocycles. The number of phenols is 1. The van der Waals surface area contributed by atoms with Crippen molar-refractivity contribution in [1.82, 2.24) is 4.98 Å². The van der Waals surface area contributed by atoms with E-state index in [1.54, 1.807) is 48.7 Å². The molecule has 0 saturated carbocycles. The van der Waals surface area contributed by atoms with Crippen molar-refractivity contribution < 1.29 is 24.1 Å². The second-order valence-corrected chi connectivity index (χ2v) is 7.79. The highest BCUT2D eigenvalue weighted by molar-refractivity contribution is 5.84. The van der Waals surface area contributed by atoms with Crippen LogP contribution in [0.25, 0.3) is 22.6 Å². The maximum atomic E-state index is 11.4. The SMILES string of the molecule is O=[N+]([O-])c1ccc(Oc2cccc(C=Nc3ccc(O)c(-c4nc5ccccc5o4)c3)c2)c([N+](=O)[O-])c1. The highest BCUT2D eigenvalue weighted by Gasteiger charge is 2.21. The van der Waals surface area contributed by atoms with E-state index in [4.69, 9.17) is 9.15 Å². The average Bonchev–Trinajstić information content (AvgIpc) is 3.32. The molecule has 5 aromatic rings. The topological polar surface area (TPSA) is 154 Å². The Morgan fingerprint density at radius 1 is 0.919 bits per heavy atom. The number of nitro benzene ring substituents is 2. The summed E-state index contributed by atoms with van der Waals surface area (Å²) in [6.45, 7) is 0. The van der Waals surface area contributed by atoms with Crippen molar-refractivity contribution in [2.45, 2.75) is 0 Å². The molecular weight excluding hydrogens is 480 g/mol. The summed E-state index contributed by atoms with van der Waals surface area (Å²) in [6, 6.07) is 21.8. The first-order valence-electron chi connectivity index (χ1n) is 10.8. The van der Waals surface area contributed by atoms with Crippen LogP contribution in [0.2, 0.25) is 0 Å². The second kappa shape index (κ2) is 9.58. The molecule has 1 heterocycles. The molecular formula is C26H16N4O7. The van der Waals surface area contributed by atoms with Gasteiger partial charge >= 0.3 is 5.69 Å². The Bertz CT molecular complexity index is 1660. The number of ether oxygens (including phenoxy) is 1. The van der Waals surface area contributed by atoms with Gasteiger partial charge in [0.15, 0.2) is 5.58 Å². The van der Waals surface area contributed by atoms with Crippen LogP contribution in [0.1, 0.15) is 5.56 Å². The maximum absolute atomic E-state index is 11.4.